The van der Waals surface area contributed by atoms with Gasteiger partial charge in [0, 0.05) is 0 Å². The molecule has 118 valence electrons. The predicted molar refractivity (Wildman–Crippen MR) is 87.0 cm³/mol. The van der Waals surface area contributed by atoms with Gasteiger partial charge in [-0.25, -0.2) is 0 Å². The van der Waals surface area contributed by atoms with Crippen LogP contribution >= 0.6 is 0 Å². The minimum absolute atomic E-state index is 0.0340. The Balaban J connectivity index is 2.06. The summed E-state index contributed by atoms with van der Waals surface area (Å²) in [5, 5.41) is 0.861. The Morgan fingerprint density at radius 2 is 2.18 bits per heavy atom. The molecule has 0 spiro atoms. The van der Waals surface area contributed by atoms with Crippen molar-refractivity contribution in [2.24, 2.45) is 11.8 Å². The number of nitrogens with zero attached hydrogens (tertiary/aromatic N) is 1. The average molecular weight is 366 g/mol. The molecule has 1 fully saturated rings. The van der Waals surface area contributed by atoms with E-state index in [0.717, 1.165) is 5.32 Å². The first-order valence-corrected chi connectivity index (χ1v) is 9.48. The van der Waals surface area contributed by atoms with E-state index < -0.39 is 5.92 Å². The summed E-state index contributed by atoms with van der Waals surface area (Å²) in [4.78, 5) is 26.3. The Morgan fingerprint density at radius 3 is 2.82 bits per heavy atom. The molecule has 1 amide bonds. The third-order valence-corrected chi connectivity index (χ3v) is 6.12. The van der Waals surface area contributed by atoms with Crippen LogP contribution < -0.4 is 4.46 Å². The topological polar surface area (TPSA) is 46.6 Å². The number of esters is 1. The van der Waals surface area contributed by atoms with E-state index >= 15 is 0 Å². The fourth-order valence-electron chi connectivity index (χ4n) is 2.59. The Bertz CT molecular complexity index is 532. The monoisotopic (exact) mass is 367 g/mol. The van der Waals surface area contributed by atoms with Gasteiger partial charge >= 0.3 is 137 Å². The molecule has 2 rings (SSSR count). The van der Waals surface area contributed by atoms with E-state index in [-0.39, 0.29) is 32.8 Å². The maximum atomic E-state index is 12.4. The van der Waals surface area contributed by atoms with E-state index in [9.17, 15) is 9.59 Å². The number of ether oxygens (including phenoxy) is 1. The van der Waals surface area contributed by atoms with Crippen LogP contribution in [0.4, 0.5) is 0 Å². The summed E-state index contributed by atoms with van der Waals surface area (Å²) in [5.41, 5.74) is 0. The van der Waals surface area contributed by atoms with Crippen LogP contribution in [0.5, 0.6) is 0 Å². The standard InChI is InChI=1S/C17H21NO3Se/c1-3-10-18-11-13(12-22-14-8-6-5-7-9-14)15(16(18)19)17(20)21-4-2/h3,5-9,13,15H,1,4,10-12H2,2H3/t13-,15-/m0/s1. The molecular weight excluding hydrogens is 345 g/mol. The summed E-state index contributed by atoms with van der Waals surface area (Å²) in [6, 6.07) is 10.2. The van der Waals surface area contributed by atoms with Crippen molar-refractivity contribution in [1.29, 1.82) is 0 Å². The zero-order valence-electron chi connectivity index (χ0n) is 12.7. The predicted octanol–water partition coefficient (Wildman–Crippen LogP) is 1.26. The van der Waals surface area contributed by atoms with E-state index in [1.54, 1.807) is 17.9 Å². The number of likely N-dealkylation sites (tertiary alicyclic amines) is 1. The van der Waals surface area contributed by atoms with E-state index in [2.05, 4.69) is 18.7 Å². The molecule has 22 heavy (non-hydrogen) atoms. The molecule has 1 heterocycles. The van der Waals surface area contributed by atoms with Gasteiger partial charge < -0.3 is 0 Å². The molecule has 1 aliphatic heterocycles. The second kappa shape index (κ2) is 8.16. The molecule has 5 heteroatoms. The third kappa shape index (κ3) is 3.99. The molecule has 1 saturated heterocycles. The summed E-state index contributed by atoms with van der Waals surface area (Å²) in [6.07, 6.45) is 1.70. The van der Waals surface area contributed by atoms with E-state index in [0.29, 0.717) is 19.7 Å². The number of hydrogen-bond donors (Lipinski definition) is 0. The number of amides is 1. The van der Waals surface area contributed by atoms with E-state index in [1.807, 2.05) is 18.2 Å². The molecule has 1 aromatic carbocycles. The van der Waals surface area contributed by atoms with Crippen LogP contribution in [0.15, 0.2) is 43.0 Å². The first-order chi connectivity index (χ1) is 10.7. The van der Waals surface area contributed by atoms with Crippen molar-refractivity contribution < 1.29 is 14.3 Å². The summed E-state index contributed by atoms with van der Waals surface area (Å²) in [5.74, 6) is -1.11. The quantitative estimate of drug-likeness (QED) is 0.316. The van der Waals surface area contributed by atoms with Crippen molar-refractivity contribution in [3.63, 3.8) is 0 Å². The van der Waals surface area contributed by atoms with Gasteiger partial charge in [-0.3, -0.25) is 0 Å². The van der Waals surface area contributed by atoms with Gasteiger partial charge in [0.1, 0.15) is 0 Å². The van der Waals surface area contributed by atoms with Crippen molar-refractivity contribution in [1.82, 2.24) is 4.90 Å². The van der Waals surface area contributed by atoms with Crippen molar-refractivity contribution >= 4 is 31.3 Å². The minimum atomic E-state index is -0.648. The van der Waals surface area contributed by atoms with Crippen LogP contribution in [-0.4, -0.2) is 51.4 Å². The van der Waals surface area contributed by atoms with Crippen LogP contribution in [-0.2, 0) is 14.3 Å². The van der Waals surface area contributed by atoms with Gasteiger partial charge in [0.05, 0.1) is 0 Å². The van der Waals surface area contributed by atoms with Crippen LogP contribution in [0.25, 0.3) is 0 Å². The Hall–Kier alpha value is -1.58. The van der Waals surface area contributed by atoms with Crippen LogP contribution in [0, 0.1) is 11.8 Å². The fraction of sp³-hybridized carbons (Fsp3) is 0.412. The second-order valence-corrected chi connectivity index (χ2v) is 7.44. The van der Waals surface area contributed by atoms with Crippen molar-refractivity contribution in [3.8, 4) is 0 Å². The van der Waals surface area contributed by atoms with Crippen LogP contribution in [0.1, 0.15) is 6.92 Å². The van der Waals surface area contributed by atoms with Gasteiger partial charge in [-0.1, -0.05) is 0 Å². The Kier molecular flexibility index (Phi) is 6.22. The summed E-state index contributed by atoms with van der Waals surface area (Å²) >= 11 is 0.251. The van der Waals surface area contributed by atoms with Crippen LogP contribution in [0.3, 0.4) is 0 Å². The number of hydrogen-bond acceptors (Lipinski definition) is 3. The van der Waals surface area contributed by atoms with Crippen LogP contribution in [0.2, 0.25) is 5.32 Å². The molecule has 0 radical (unpaired) electrons. The molecule has 0 bridgehead atoms. The first kappa shape index (κ1) is 16.8. The molecule has 0 saturated carbocycles. The van der Waals surface area contributed by atoms with Gasteiger partial charge in [0.15, 0.2) is 0 Å². The van der Waals surface area contributed by atoms with Gasteiger partial charge in [-0.05, 0) is 0 Å². The van der Waals surface area contributed by atoms with Gasteiger partial charge in [0.2, 0.25) is 0 Å². The molecule has 0 aromatic heterocycles. The molecule has 4 nitrogen and oxygen atoms in total. The summed E-state index contributed by atoms with van der Waals surface area (Å²) < 4.78 is 6.38. The van der Waals surface area contributed by atoms with Crippen molar-refractivity contribution in [2.45, 2.75) is 12.2 Å². The first-order valence-electron chi connectivity index (χ1n) is 7.41. The summed E-state index contributed by atoms with van der Waals surface area (Å²) in [6.45, 7) is 6.85. The maximum absolute atomic E-state index is 12.4. The average Bonchev–Trinajstić information content (AvgIpc) is 2.83. The third-order valence-electron chi connectivity index (χ3n) is 3.60. The molecule has 0 N–H and O–H groups in total. The zero-order chi connectivity index (χ0) is 15.9. The number of rotatable bonds is 7. The van der Waals surface area contributed by atoms with Crippen molar-refractivity contribution in [2.75, 3.05) is 19.7 Å². The van der Waals surface area contributed by atoms with E-state index in [1.165, 1.54) is 4.46 Å². The Morgan fingerprint density at radius 1 is 1.45 bits per heavy atom. The van der Waals surface area contributed by atoms with Gasteiger partial charge in [0.25, 0.3) is 0 Å². The zero-order valence-corrected chi connectivity index (χ0v) is 14.4. The number of carbonyl (C=O) groups is 2. The SMILES string of the molecule is C=CCN1C[C@@H](C[Se]c2ccccc2)[C@H](C(=O)OCC)C1=O. The van der Waals surface area contributed by atoms with Gasteiger partial charge in [-0.2, -0.15) is 0 Å². The molecule has 2 atom stereocenters. The second-order valence-electron chi connectivity index (χ2n) is 5.15. The molecule has 1 aliphatic rings. The molecule has 0 unspecified atom stereocenters. The Labute approximate surface area is 137 Å². The molecule has 0 aliphatic carbocycles. The van der Waals surface area contributed by atoms with Crippen molar-refractivity contribution in [3.05, 3.63) is 43.0 Å². The fourth-order valence-corrected chi connectivity index (χ4v) is 4.80. The molecular formula is C17H21NO3Se. The normalized spacial score (nSPS) is 21.0. The molecule has 1 aromatic rings. The summed E-state index contributed by atoms with van der Waals surface area (Å²) in [7, 11) is 0. The van der Waals surface area contributed by atoms with E-state index in [4.69, 9.17) is 4.74 Å². The number of benzene rings is 1. The number of carbonyl (C=O) groups excluding carboxylic acids is 2. The van der Waals surface area contributed by atoms with Gasteiger partial charge in [-0.15, -0.1) is 0 Å².